The van der Waals surface area contributed by atoms with Crippen LogP contribution in [0.4, 0.5) is 20.3 Å². The number of anilines is 2. The summed E-state index contributed by atoms with van der Waals surface area (Å²) < 4.78 is 126. The SMILES string of the molecule is CC(C)[C@H](NCCCCCN1C(=O)[CH-]CC1=O)C(=O)NCCC(=O)Nc1cc(COC(=O)CCCCCCCCCCCOc2ccc(C(=O)Oc3ccc(CSP4(=O)OC[C@H]5O[C@@H](n6cnc7c(N)ncnc76)[C@H](F)[C@@H]5OP(=O)(O)OC[C@H]5O[C@@H](N6C=CC(=O)CC6=O)[C@H](F)[C@@H]5O4)cc3)cc2)ccc1O[C@H]1O[C@H](C(=O)O)[C@@H](O)[C@H](O)[C@H]1O.[Tm]. The number of ether oxygens (including phenoxy) is 7. The number of nitrogens with two attached hydrogens (primary N) is 1. The van der Waals surface area contributed by atoms with Crippen molar-refractivity contribution in [3.05, 3.63) is 115 Å². The third kappa shape index (κ3) is 25.5. The van der Waals surface area contributed by atoms with Gasteiger partial charge in [0.15, 0.2) is 54.1 Å². The molecule has 5 saturated heterocycles. The number of nitrogens with one attached hydrogen (secondary N) is 3. The van der Waals surface area contributed by atoms with Crippen LogP contribution in [0.15, 0.2) is 91.7 Å². The number of aliphatic hydroxyl groups is 3. The molecule has 2 aromatic heterocycles. The van der Waals surface area contributed by atoms with E-state index >= 15 is 13.3 Å². The number of carboxylic acids is 1. The van der Waals surface area contributed by atoms with E-state index in [1.807, 2.05) is 13.8 Å². The van der Waals surface area contributed by atoms with Crippen LogP contribution in [0.5, 0.6) is 17.2 Å². The number of aliphatic carboxylic acids is 1. The number of amides is 5. The number of phosphoric acid groups is 1. The number of ketones is 1. The molecule has 0 aliphatic carbocycles. The second-order valence-corrected chi connectivity index (χ2v) is 34.5. The first kappa shape index (κ1) is 93.5. The maximum absolute atomic E-state index is 16.7. The summed E-state index contributed by atoms with van der Waals surface area (Å²) in [4.78, 5) is 138. The zero-order valence-corrected chi connectivity index (χ0v) is 69.1. The Morgan fingerprint density at radius 2 is 1.41 bits per heavy atom. The van der Waals surface area contributed by atoms with Crippen molar-refractivity contribution in [2.45, 2.75) is 215 Å². The van der Waals surface area contributed by atoms with E-state index in [2.05, 4.69) is 30.9 Å². The third-order valence-electron chi connectivity index (χ3n) is 20.0. The predicted molar refractivity (Wildman–Crippen MR) is 411 cm³/mol. The van der Waals surface area contributed by atoms with E-state index in [0.717, 1.165) is 85.8 Å². The Kier molecular flexibility index (Phi) is 34.5. The van der Waals surface area contributed by atoms with Crippen LogP contribution in [-0.2, 0) is 96.9 Å². The molecule has 5 amide bonds. The number of rotatable bonds is 38. The molecule has 6 aliphatic rings. The second-order valence-electron chi connectivity index (χ2n) is 29.1. The average molecular weight is 1880 g/mol. The maximum Gasteiger partial charge on any atom is 0.472 e. The van der Waals surface area contributed by atoms with E-state index in [0.29, 0.717) is 73.6 Å². The molecule has 6 aliphatic heterocycles. The Balaban J connectivity index is 0.0000149. The summed E-state index contributed by atoms with van der Waals surface area (Å²) in [6.45, 7) is -1.83. The van der Waals surface area contributed by atoms with Crippen molar-refractivity contribution in [1.29, 1.82) is 0 Å². The van der Waals surface area contributed by atoms with Gasteiger partial charge < -0.3 is 89.9 Å². The number of aromatic nitrogens is 4. The van der Waals surface area contributed by atoms with Gasteiger partial charge in [-0.1, -0.05) is 89.8 Å². The number of carbonyl (C=O) groups excluding carboxylic acids is 8. The van der Waals surface area contributed by atoms with Crippen molar-refractivity contribution in [3.8, 4) is 17.2 Å². The fourth-order valence-corrected chi connectivity index (χ4v) is 18.0. The van der Waals surface area contributed by atoms with E-state index in [1.165, 1.54) is 41.7 Å². The molecule has 1 radical (unpaired) electrons. The number of aliphatic hydroxyl groups excluding tert-OH is 3. The number of carbonyl (C=O) groups is 9. The van der Waals surface area contributed by atoms with Crippen LogP contribution in [0, 0.1) is 49.2 Å². The van der Waals surface area contributed by atoms with E-state index in [-0.39, 0.29) is 138 Å². The number of imide groups is 1. The van der Waals surface area contributed by atoms with Crippen molar-refractivity contribution in [2.75, 3.05) is 50.5 Å². The molecule has 5 aromatic rings. The molecule has 10 N–H and O–H groups in total. The number of fused-ring (bicyclic) bond motifs is 3. The number of alkyl halides is 2. The van der Waals surface area contributed by atoms with Gasteiger partial charge in [0.25, 0.3) is 0 Å². The van der Waals surface area contributed by atoms with Crippen molar-refractivity contribution < 1.29 is 175 Å². The van der Waals surface area contributed by atoms with Gasteiger partial charge in [-0.2, -0.15) is 0 Å². The van der Waals surface area contributed by atoms with Gasteiger partial charge in [0.05, 0.1) is 55.8 Å². The number of unbranched alkanes of at least 4 members (excludes halogenated alkanes) is 10. The molecular weight excluding hydrogens is 1790 g/mol. The zero-order valence-electron chi connectivity index (χ0n) is 64.7. The molecule has 16 atom stereocenters. The Labute approximate surface area is 715 Å². The number of hydrogen-bond acceptors (Lipinski definition) is 31. The van der Waals surface area contributed by atoms with Gasteiger partial charge in [-0.05, 0) is 115 Å². The number of phosphoric ester groups is 1. The topological polar surface area (TPSA) is 503 Å². The first-order valence-corrected chi connectivity index (χ1v) is 43.3. The summed E-state index contributed by atoms with van der Waals surface area (Å²) in [5.74, 6) is -5.40. The number of nitrogen functional groups attached to an aromatic ring is 1. The Bertz CT molecular complexity index is 4490. The molecule has 0 spiro atoms. The van der Waals surface area contributed by atoms with Crippen LogP contribution in [0.3, 0.4) is 0 Å². The molecule has 8 heterocycles. The molecule has 43 heteroatoms. The van der Waals surface area contributed by atoms with Gasteiger partial charge in [-0.25, -0.2) is 42.5 Å². The third-order valence-corrected chi connectivity index (χ3v) is 24.7. The fraction of sp³-hybridized carbons (Fsp3) is 0.539. The van der Waals surface area contributed by atoms with E-state index in [9.17, 15) is 73.0 Å². The monoisotopic (exact) mass is 1880 g/mol. The van der Waals surface area contributed by atoms with Gasteiger partial charge in [-0.15, -0.1) is 0 Å². The predicted octanol–water partition coefficient (Wildman–Crippen LogP) is 6.69. The van der Waals surface area contributed by atoms with Crippen molar-refractivity contribution in [3.63, 3.8) is 0 Å². The van der Waals surface area contributed by atoms with Gasteiger partial charge in [0.1, 0.15) is 78.4 Å². The molecule has 655 valence electrons. The van der Waals surface area contributed by atoms with E-state index < -0.39 is 156 Å². The summed E-state index contributed by atoms with van der Waals surface area (Å²) in [5, 5.41) is 49.6. The van der Waals surface area contributed by atoms with Gasteiger partial charge in [0.2, 0.25) is 24.0 Å². The van der Waals surface area contributed by atoms with Crippen LogP contribution in [-0.4, -0.2) is 227 Å². The Hall–Kier alpha value is -7.73. The molecule has 0 saturated carbocycles. The fourth-order valence-electron chi connectivity index (χ4n) is 13.6. The summed E-state index contributed by atoms with van der Waals surface area (Å²) in [6.07, 6.45) is -9.87. The molecule has 5 fully saturated rings. The number of imidazole rings is 1. The first-order valence-electron chi connectivity index (χ1n) is 38.7. The molecule has 0 bridgehead atoms. The average Bonchev–Trinajstić information content (AvgIpc) is 1.64. The minimum absolute atomic E-state index is 0. The summed E-state index contributed by atoms with van der Waals surface area (Å²) in [7, 11) is -5.28. The first-order chi connectivity index (χ1) is 56.5. The number of allylic oxidation sites excluding steroid dienone is 1. The maximum atomic E-state index is 16.7. The van der Waals surface area contributed by atoms with Gasteiger partial charge >= 0.3 is 32.5 Å². The van der Waals surface area contributed by atoms with Crippen LogP contribution in [0.25, 0.3) is 11.2 Å². The number of esters is 2. The normalized spacial score (nSPS) is 26.7. The van der Waals surface area contributed by atoms with Crippen molar-refractivity contribution >= 4 is 102 Å². The van der Waals surface area contributed by atoms with Crippen molar-refractivity contribution in [2.24, 2.45) is 5.92 Å². The minimum Gasteiger partial charge on any atom is -0.494 e. The summed E-state index contributed by atoms with van der Waals surface area (Å²) in [6, 6.07) is 16.2. The summed E-state index contributed by atoms with van der Waals surface area (Å²) in [5.41, 5.74) is 7.16. The van der Waals surface area contributed by atoms with Crippen molar-refractivity contribution in [1.82, 2.24) is 40.0 Å². The molecular formula is C76H95F2N10O27P2STm-. The van der Waals surface area contributed by atoms with Crippen LogP contribution < -0.4 is 35.9 Å². The van der Waals surface area contributed by atoms with Gasteiger partial charge in [-0.3, -0.25) is 62.8 Å². The number of benzene rings is 3. The summed E-state index contributed by atoms with van der Waals surface area (Å²) >= 11 is 0.571. The Morgan fingerprint density at radius 3 is 2.11 bits per heavy atom. The zero-order chi connectivity index (χ0) is 84.4. The minimum atomic E-state index is -5.28. The number of nitrogens with zero attached hydrogens (tertiary/aromatic N) is 6. The number of carboxylic acid groups (broad SMARTS) is 1. The van der Waals surface area contributed by atoms with Crippen LogP contribution in [0.2, 0.25) is 0 Å². The molecule has 11 rings (SSSR count). The smallest absolute Gasteiger partial charge is 0.472 e. The standard InChI is InChI=1S/C76H95F2N10O27P2S.Tm/c1-43(2)61(80-30-12-10-13-32-86-55(91)26-27-56(86)92)71(98)81-31-28-54(90)85-50-35-45(18-25-51(50)112-76-65(97)63(95)64(96)68(113-76)74(99)100)37-106-58(94)15-11-8-6-4-3-5-7-9-14-34-105-48-23-19-46(20-24-48)75(101)109-49-21-16-44(17-22-49)40-118-117(104)108-39-53-66(59(77)73(111-53)88-42-84-62-69(79)82-41-83-70(62)88)114-116(102,103)107-38-52-67(115-117)60(78)72(110-52)87-33-29-47(89)36-57(87)93;/h16-26,29,33,35,41-43,52-53,59-61,63-68,72-73,76,80,95-97H,3-15,27-28,30-32,34,36-40H2,1-2H3,(H,81,98)(H,85,90)(H,99,100)(H,102,103)(H2,79,82,83);/q-1;/t52-,53-,59-,60-,61+,63+,64+,65-,66-,67-,68+,72-,73-,76+,117?;/m1./s1. The molecule has 119 heavy (non-hydrogen) atoms. The van der Waals surface area contributed by atoms with E-state index in [4.69, 9.17) is 57.0 Å². The quantitative estimate of drug-likeness (QED) is 0.00378. The number of likely N-dealkylation sites (tertiary alicyclic amines) is 1. The number of hydrogen-bond donors (Lipinski definition) is 9. The largest absolute Gasteiger partial charge is 0.494 e. The van der Waals surface area contributed by atoms with Gasteiger partial charge in [0, 0.05) is 74.8 Å². The number of halogens is 2. The molecule has 37 nitrogen and oxygen atoms in total. The van der Waals surface area contributed by atoms with E-state index in [1.54, 1.807) is 36.4 Å². The molecule has 2 unspecified atom stereocenters. The van der Waals surface area contributed by atoms with Crippen LogP contribution in [0.1, 0.15) is 144 Å². The van der Waals surface area contributed by atoms with Crippen LogP contribution >= 0.6 is 26.0 Å². The second kappa shape index (κ2) is 43.9. The Morgan fingerprint density at radius 1 is 0.748 bits per heavy atom. The molecule has 3 aromatic carbocycles.